The van der Waals surface area contributed by atoms with Crippen LogP contribution in [0.2, 0.25) is 0 Å². The van der Waals surface area contributed by atoms with Crippen LogP contribution in [0, 0.1) is 11.7 Å². The Kier molecular flexibility index (Phi) is 3.61. The average molecular weight is 237 g/mol. The second-order valence-corrected chi connectivity index (χ2v) is 4.43. The van der Waals surface area contributed by atoms with Gasteiger partial charge < -0.3 is 10.0 Å². The molecule has 0 amide bonds. The van der Waals surface area contributed by atoms with Crippen LogP contribution in [0.15, 0.2) is 24.3 Å². The molecule has 1 aliphatic heterocycles. The van der Waals surface area contributed by atoms with Crippen molar-refractivity contribution in [2.45, 2.75) is 19.3 Å². The molecule has 1 N–H and O–H groups in total. The first-order valence-corrected chi connectivity index (χ1v) is 5.90. The summed E-state index contributed by atoms with van der Waals surface area (Å²) in [7, 11) is 0. The minimum Gasteiger partial charge on any atom is -0.481 e. The summed E-state index contributed by atoms with van der Waals surface area (Å²) in [5.74, 6) is -1.22. The molecule has 3 nitrogen and oxygen atoms in total. The van der Waals surface area contributed by atoms with E-state index in [1.807, 2.05) is 6.07 Å². The fourth-order valence-electron chi connectivity index (χ4n) is 2.27. The van der Waals surface area contributed by atoms with E-state index in [1.165, 1.54) is 12.1 Å². The van der Waals surface area contributed by atoms with Crippen molar-refractivity contribution < 1.29 is 14.3 Å². The Labute approximate surface area is 99.9 Å². The Morgan fingerprint density at radius 2 is 2.18 bits per heavy atom. The van der Waals surface area contributed by atoms with Crippen LogP contribution in [0.3, 0.4) is 0 Å². The van der Waals surface area contributed by atoms with Crippen LogP contribution >= 0.6 is 0 Å². The Morgan fingerprint density at radius 1 is 1.35 bits per heavy atom. The lowest BCUT2D eigenvalue weighted by Crippen LogP contribution is -2.24. The molecule has 1 atom stereocenters. The van der Waals surface area contributed by atoms with E-state index in [0.717, 1.165) is 18.7 Å². The van der Waals surface area contributed by atoms with Gasteiger partial charge in [0, 0.05) is 18.8 Å². The summed E-state index contributed by atoms with van der Waals surface area (Å²) in [6, 6.07) is 6.47. The number of hydrogen-bond acceptors (Lipinski definition) is 2. The second kappa shape index (κ2) is 5.17. The van der Waals surface area contributed by atoms with E-state index in [2.05, 4.69) is 4.90 Å². The molecular weight excluding hydrogens is 221 g/mol. The molecule has 1 aliphatic rings. The third-order valence-corrected chi connectivity index (χ3v) is 3.25. The SMILES string of the molecule is O=C(O)C1CCCN(c2cccc(F)c2)CC1. The Morgan fingerprint density at radius 3 is 2.88 bits per heavy atom. The summed E-state index contributed by atoms with van der Waals surface area (Å²) < 4.78 is 13.1. The van der Waals surface area contributed by atoms with E-state index in [1.54, 1.807) is 6.07 Å². The van der Waals surface area contributed by atoms with Gasteiger partial charge in [-0.1, -0.05) is 6.07 Å². The molecule has 0 radical (unpaired) electrons. The van der Waals surface area contributed by atoms with E-state index in [4.69, 9.17) is 5.11 Å². The van der Waals surface area contributed by atoms with Gasteiger partial charge in [0.2, 0.25) is 0 Å². The molecule has 0 aromatic heterocycles. The van der Waals surface area contributed by atoms with Crippen LogP contribution in [0.1, 0.15) is 19.3 Å². The van der Waals surface area contributed by atoms with Crippen LogP contribution in [0.4, 0.5) is 10.1 Å². The zero-order valence-electron chi connectivity index (χ0n) is 9.60. The quantitative estimate of drug-likeness (QED) is 0.859. The Balaban J connectivity index is 2.06. The third-order valence-electron chi connectivity index (χ3n) is 3.25. The highest BCUT2D eigenvalue weighted by atomic mass is 19.1. The maximum absolute atomic E-state index is 13.1. The molecule has 1 fully saturated rings. The normalized spacial score (nSPS) is 21.0. The van der Waals surface area contributed by atoms with Gasteiger partial charge in [-0.3, -0.25) is 4.79 Å². The first-order valence-electron chi connectivity index (χ1n) is 5.90. The van der Waals surface area contributed by atoms with Gasteiger partial charge in [-0.25, -0.2) is 4.39 Å². The summed E-state index contributed by atoms with van der Waals surface area (Å²) in [5.41, 5.74) is 0.844. The number of aliphatic carboxylic acids is 1. The van der Waals surface area contributed by atoms with Crippen LogP contribution in [0.25, 0.3) is 0 Å². The lowest BCUT2D eigenvalue weighted by atomic mass is 10.0. The number of rotatable bonds is 2. The summed E-state index contributed by atoms with van der Waals surface area (Å²) in [6.07, 6.45) is 2.18. The molecule has 0 saturated carbocycles. The standard InChI is InChI=1S/C13H16FNO2/c14-11-4-1-5-12(9-11)15-7-2-3-10(6-8-15)13(16)17/h1,4-5,9-10H,2-3,6-8H2,(H,16,17). The van der Waals surface area contributed by atoms with Crippen molar-refractivity contribution >= 4 is 11.7 Å². The van der Waals surface area contributed by atoms with Crippen LogP contribution in [-0.2, 0) is 4.79 Å². The maximum atomic E-state index is 13.1. The molecule has 17 heavy (non-hydrogen) atoms. The largest absolute Gasteiger partial charge is 0.481 e. The molecule has 2 rings (SSSR count). The molecule has 1 heterocycles. The number of anilines is 1. The molecule has 1 saturated heterocycles. The van der Waals surface area contributed by atoms with Gasteiger partial charge in [-0.15, -0.1) is 0 Å². The zero-order chi connectivity index (χ0) is 12.3. The smallest absolute Gasteiger partial charge is 0.306 e. The summed E-state index contributed by atoms with van der Waals surface area (Å²) in [4.78, 5) is 13.0. The lowest BCUT2D eigenvalue weighted by Gasteiger charge is -2.22. The number of halogens is 1. The Hall–Kier alpha value is -1.58. The molecule has 0 aliphatic carbocycles. The van der Waals surface area contributed by atoms with E-state index in [9.17, 15) is 9.18 Å². The molecule has 1 aromatic rings. The fourth-order valence-corrected chi connectivity index (χ4v) is 2.27. The number of carboxylic acid groups (broad SMARTS) is 1. The van der Waals surface area contributed by atoms with Crippen molar-refractivity contribution in [2.24, 2.45) is 5.92 Å². The number of carboxylic acids is 1. The predicted molar refractivity (Wildman–Crippen MR) is 63.6 cm³/mol. The fraction of sp³-hybridized carbons (Fsp3) is 0.462. The van der Waals surface area contributed by atoms with Crippen molar-refractivity contribution in [2.75, 3.05) is 18.0 Å². The maximum Gasteiger partial charge on any atom is 0.306 e. The minimum absolute atomic E-state index is 0.249. The summed E-state index contributed by atoms with van der Waals surface area (Å²) >= 11 is 0. The van der Waals surface area contributed by atoms with Crippen molar-refractivity contribution in [3.63, 3.8) is 0 Å². The number of carbonyl (C=O) groups is 1. The van der Waals surface area contributed by atoms with E-state index in [-0.39, 0.29) is 11.7 Å². The zero-order valence-corrected chi connectivity index (χ0v) is 9.60. The highest BCUT2D eigenvalue weighted by Gasteiger charge is 2.22. The first-order chi connectivity index (χ1) is 8.16. The summed E-state index contributed by atoms with van der Waals surface area (Å²) in [5, 5.41) is 8.99. The van der Waals surface area contributed by atoms with E-state index >= 15 is 0 Å². The highest BCUT2D eigenvalue weighted by Crippen LogP contribution is 2.23. The number of hydrogen-bond donors (Lipinski definition) is 1. The van der Waals surface area contributed by atoms with Gasteiger partial charge in [0.1, 0.15) is 5.82 Å². The second-order valence-electron chi connectivity index (χ2n) is 4.43. The number of benzene rings is 1. The Bertz CT molecular complexity index is 408. The van der Waals surface area contributed by atoms with Crippen LogP contribution in [-0.4, -0.2) is 24.2 Å². The molecule has 4 heteroatoms. The molecule has 0 spiro atoms. The van der Waals surface area contributed by atoms with Crippen molar-refractivity contribution in [3.8, 4) is 0 Å². The molecular formula is C13H16FNO2. The summed E-state index contributed by atoms with van der Waals surface area (Å²) in [6.45, 7) is 1.48. The van der Waals surface area contributed by atoms with Gasteiger partial charge in [0.15, 0.2) is 0 Å². The predicted octanol–water partition coefficient (Wildman–Crippen LogP) is 2.52. The van der Waals surface area contributed by atoms with Gasteiger partial charge in [0.25, 0.3) is 0 Å². The van der Waals surface area contributed by atoms with Crippen molar-refractivity contribution in [3.05, 3.63) is 30.1 Å². The van der Waals surface area contributed by atoms with Crippen LogP contribution < -0.4 is 4.90 Å². The monoisotopic (exact) mass is 237 g/mol. The molecule has 1 unspecified atom stereocenters. The molecule has 0 bridgehead atoms. The average Bonchev–Trinajstić information content (AvgIpc) is 2.54. The highest BCUT2D eigenvalue weighted by molar-refractivity contribution is 5.70. The minimum atomic E-state index is -0.717. The van der Waals surface area contributed by atoms with Crippen LogP contribution in [0.5, 0.6) is 0 Å². The van der Waals surface area contributed by atoms with Crippen molar-refractivity contribution in [1.29, 1.82) is 0 Å². The topological polar surface area (TPSA) is 40.5 Å². The van der Waals surface area contributed by atoms with Gasteiger partial charge in [-0.05, 0) is 37.5 Å². The van der Waals surface area contributed by atoms with Gasteiger partial charge in [0.05, 0.1) is 5.92 Å². The van der Waals surface area contributed by atoms with E-state index in [0.29, 0.717) is 19.4 Å². The molecule has 92 valence electrons. The number of nitrogens with zero attached hydrogens (tertiary/aromatic N) is 1. The third kappa shape index (κ3) is 2.96. The van der Waals surface area contributed by atoms with Gasteiger partial charge >= 0.3 is 5.97 Å². The molecule has 1 aromatic carbocycles. The lowest BCUT2D eigenvalue weighted by molar-refractivity contribution is -0.142. The van der Waals surface area contributed by atoms with E-state index < -0.39 is 5.97 Å². The van der Waals surface area contributed by atoms with Crippen molar-refractivity contribution in [1.82, 2.24) is 0 Å². The van der Waals surface area contributed by atoms with Gasteiger partial charge in [-0.2, -0.15) is 0 Å². The first kappa shape index (κ1) is 11.9.